The van der Waals surface area contributed by atoms with E-state index in [0.717, 1.165) is 37.8 Å². The molecule has 0 atom stereocenters. The molecule has 1 aliphatic rings. The molecule has 19 heavy (non-hydrogen) atoms. The van der Waals surface area contributed by atoms with Crippen LogP contribution in [0.2, 0.25) is 5.02 Å². The fourth-order valence-corrected chi connectivity index (χ4v) is 3.02. The molecule has 0 unspecified atom stereocenters. The number of benzene rings is 1. The first-order valence-electron chi connectivity index (χ1n) is 6.97. The first-order valence-corrected chi connectivity index (χ1v) is 7.35. The van der Waals surface area contributed by atoms with Crippen LogP contribution < -0.4 is 10.5 Å². The fraction of sp³-hybridized carbons (Fsp3) is 0.600. The van der Waals surface area contributed by atoms with Gasteiger partial charge in [0.25, 0.3) is 0 Å². The van der Waals surface area contributed by atoms with Crippen molar-refractivity contribution >= 4 is 11.6 Å². The minimum atomic E-state index is 0.693. The molecule has 2 rings (SSSR count). The third kappa shape index (κ3) is 4.10. The Labute approximate surface area is 120 Å². The molecule has 0 aromatic heterocycles. The van der Waals surface area contributed by atoms with Crippen molar-refractivity contribution < 1.29 is 4.74 Å². The number of likely N-dealkylation sites (tertiary alicyclic amines) is 1. The van der Waals surface area contributed by atoms with Gasteiger partial charge in [0.15, 0.2) is 0 Å². The lowest BCUT2D eigenvalue weighted by Gasteiger charge is -2.31. The van der Waals surface area contributed by atoms with E-state index >= 15 is 0 Å². The molecular formula is C15H23ClN2O. The molecule has 0 aliphatic carbocycles. The standard InChI is InChI=1S/C15H23ClN2O/c1-19-15-3-2-13(10-14(15)16)11-18-8-5-12(4-7-17)6-9-18/h2-3,10,12H,4-9,11,17H2,1H3. The second-order valence-electron chi connectivity index (χ2n) is 5.27. The Kier molecular flexibility index (Phi) is 5.49. The summed E-state index contributed by atoms with van der Waals surface area (Å²) in [5.41, 5.74) is 6.87. The molecule has 0 saturated carbocycles. The average Bonchev–Trinajstić information content (AvgIpc) is 2.42. The Bertz CT molecular complexity index is 403. The SMILES string of the molecule is COc1ccc(CN2CCC(CCN)CC2)cc1Cl. The van der Waals surface area contributed by atoms with Crippen molar-refractivity contribution in [3.8, 4) is 5.75 Å². The predicted molar refractivity (Wildman–Crippen MR) is 79.7 cm³/mol. The number of halogens is 1. The first-order chi connectivity index (χ1) is 9.22. The normalized spacial score (nSPS) is 17.6. The van der Waals surface area contributed by atoms with Gasteiger partial charge in [0.05, 0.1) is 12.1 Å². The molecule has 1 aromatic rings. The highest BCUT2D eigenvalue weighted by Crippen LogP contribution is 2.27. The molecular weight excluding hydrogens is 260 g/mol. The van der Waals surface area contributed by atoms with Crippen molar-refractivity contribution in [1.82, 2.24) is 4.90 Å². The smallest absolute Gasteiger partial charge is 0.137 e. The topological polar surface area (TPSA) is 38.5 Å². The molecule has 3 nitrogen and oxygen atoms in total. The van der Waals surface area contributed by atoms with Crippen LogP contribution in [0.4, 0.5) is 0 Å². The monoisotopic (exact) mass is 282 g/mol. The van der Waals surface area contributed by atoms with Gasteiger partial charge in [-0.2, -0.15) is 0 Å². The maximum absolute atomic E-state index is 6.15. The van der Waals surface area contributed by atoms with Crippen LogP contribution in [0.5, 0.6) is 5.75 Å². The quantitative estimate of drug-likeness (QED) is 0.902. The van der Waals surface area contributed by atoms with Crippen molar-refractivity contribution in [2.75, 3.05) is 26.7 Å². The zero-order chi connectivity index (χ0) is 13.7. The number of nitrogens with two attached hydrogens (primary N) is 1. The third-order valence-electron chi connectivity index (χ3n) is 3.90. The van der Waals surface area contributed by atoms with E-state index in [1.165, 1.54) is 24.8 Å². The molecule has 0 spiro atoms. The molecule has 1 saturated heterocycles. The minimum absolute atomic E-state index is 0.693. The van der Waals surface area contributed by atoms with Gasteiger partial charge in [0.2, 0.25) is 0 Å². The van der Waals surface area contributed by atoms with Crippen molar-refractivity contribution in [1.29, 1.82) is 0 Å². The van der Waals surface area contributed by atoms with Crippen LogP contribution in [-0.4, -0.2) is 31.6 Å². The van der Waals surface area contributed by atoms with Gasteiger partial charge in [-0.1, -0.05) is 17.7 Å². The largest absolute Gasteiger partial charge is 0.495 e. The molecule has 4 heteroatoms. The second-order valence-corrected chi connectivity index (χ2v) is 5.67. The van der Waals surface area contributed by atoms with Gasteiger partial charge in [-0.25, -0.2) is 0 Å². The van der Waals surface area contributed by atoms with Gasteiger partial charge in [0, 0.05) is 6.54 Å². The van der Waals surface area contributed by atoms with E-state index in [2.05, 4.69) is 11.0 Å². The van der Waals surface area contributed by atoms with Crippen molar-refractivity contribution in [2.45, 2.75) is 25.8 Å². The maximum Gasteiger partial charge on any atom is 0.137 e. The van der Waals surface area contributed by atoms with Crippen molar-refractivity contribution in [2.24, 2.45) is 11.7 Å². The van der Waals surface area contributed by atoms with Gasteiger partial charge in [-0.15, -0.1) is 0 Å². The zero-order valence-corrected chi connectivity index (χ0v) is 12.3. The van der Waals surface area contributed by atoms with Gasteiger partial charge in [0.1, 0.15) is 5.75 Å². The van der Waals surface area contributed by atoms with E-state index in [9.17, 15) is 0 Å². The van der Waals surface area contributed by atoms with E-state index in [1.807, 2.05) is 12.1 Å². The predicted octanol–water partition coefficient (Wildman–Crippen LogP) is 2.91. The number of methoxy groups -OCH3 is 1. The lowest BCUT2D eigenvalue weighted by atomic mass is 9.93. The molecule has 1 aromatic carbocycles. The Hall–Kier alpha value is -0.770. The van der Waals surface area contributed by atoms with Crippen LogP contribution in [0.25, 0.3) is 0 Å². The molecule has 0 radical (unpaired) electrons. The third-order valence-corrected chi connectivity index (χ3v) is 4.20. The van der Waals surface area contributed by atoms with Crippen LogP contribution in [0.3, 0.4) is 0 Å². The lowest BCUT2D eigenvalue weighted by Crippen LogP contribution is -2.33. The molecule has 0 bridgehead atoms. The lowest BCUT2D eigenvalue weighted by molar-refractivity contribution is 0.173. The summed E-state index contributed by atoms with van der Waals surface area (Å²) in [6.07, 6.45) is 3.70. The fourth-order valence-electron chi connectivity index (χ4n) is 2.74. The van der Waals surface area contributed by atoms with Crippen LogP contribution in [0.1, 0.15) is 24.8 Å². The number of ether oxygens (including phenoxy) is 1. The van der Waals surface area contributed by atoms with Gasteiger partial charge in [-0.3, -0.25) is 4.90 Å². The summed E-state index contributed by atoms with van der Waals surface area (Å²) >= 11 is 6.15. The summed E-state index contributed by atoms with van der Waals surface area (Å²) in [5.74, 6) is 1.56. The Morgan fingerprint density at radius 1 is 1.37 bits per heavy atom. The summed E-state index contributed by atoms with van der Waals surface area (Å²) in [7, 11) is 1.64. The highest BCUT2D eigenvalue weighted by Gasteiger charge is 2.18. The van der Waals surface area contributed by atoms with E-state index in [1.54, 1.807) is 7.11 Å². The van der Waals surface area contributed by atoms with Crippen LogP contribution >= 0.6 is 11.6 Å². The summed E-state index contributed by atoms with van der Waals surface area (Å²) in [6.45, 7) is 4.11. The molecule has 1 heterocycles. The summed E-state index contributed by atoms with van der Waals surface area (Å²) in [6, 6.07) is 6.04. The molecule has 1 fully saturated rings. The van der Waals surface area contributed by atoms with Crippen LogP contribution in [0, 0.1) is 5.92 Å². The summed E-state index contributed by atoms with van der Waals surface area (Å²) in [4.78, 5) is 2.49. The molecule has 2 N–H and O–H groups in total. The van der Waals surface area contributed by atoms with Crippen molar-refractivity contribution in [3.63, 3.8) is 0 Å². The number of hydrogen-bond donors (Lipinski definition) is 1. The van der Waals surface area contributed by atoms with Crippen molar-refractivity contribution in [3.05, 3.63) is 28.8 Å². The zero-order valence-electron chi connectivity index (χ0n) is 11.6. The average molecular weight is 283 g/mol. The minimum Gasteiger partial charge on any atom is -0.495 e. The Balaban J connectivity index is 1.87. The van der Waals surface area contributed by atoms with Gasteiger partial charge in [-0.05, 0) is 62.5 Å². The van der Waals surface area contributed by atoms with Gasteiger partial charge >= 0.3 is 0 Å². The van der Waals surface area contributed by atoms with Crippen LogP contribution in [-0.2, 0) is 6.54 Å². The first kappa shape index (κ1) is 14.6. The van der Waals surface area contributed by atoms with Gasteiger partial charge < -0.3 is 10.5 Å². The molecule has 106 valence electrons. The van der Waals surface area contributed by atoms with E-state index in [4.69, 9.17) is 22.1 Å². The summed E-state index contributed by atoms with van der Waals surface area (Å²) in [5, 5.41) is 0.693. The van der Waals surface area contributed by atoms with E-state index in [0.29, 0.717) is 5.02 Å². The Morgan fingerprint density at radius 3 is 2.68 bits per heavy atom. The number of piperidine rings is 1. The molecule has 0 amide bonds. The number of hydrogen-bond acceptors (Lipinski definition) is 3. The van der Waals surface area contributed by atoms with E-state index < -0.39 is 0 Å². The molecule has 1 aliphatic heterocycles. The Morgan fingerprint density at radius 2 is 2.11 bits per heavy atom. The second kappa shape index (κ2) is 7.13. The maximum atomic E-state index is 6.15. The van der Waals surface area contributed by atoms with Crippen LogP contribution in [0.15, 0.2) is 18.2 Å². The number of rotatable bonds is 5. The summed E-state index contributed by atoms with van der Waals surface area (Å²) < 4.78 is 5.17. The van der Waals surface area contributed by atoms with E-state index in [-0.39, 0.29) is 0 Å². The highest BCUT2D eigenvalue weighted by molar-refractivity contribution is 6.32. The highest BCUT2D eigenvalue weighted by atomic mass is 35.5. The number of nitrogens with zero attached hydrogens (tertiary/aromatic N) is 1.